The molecular weight excluding hydrogens is 264 g/mol. The zero-order valence-electron chi connectivity index (χ0n) is 12.5. The Morgan fingerprint density at radius 2 is 1.95 bits per heavy atom. The second-order valence-electron chi connectivity index (χ2n) is 5.05. The van der Waals surface area contributed by atoms with E-state index in [1.807, 2.05) is 55.6 Å². The van der Waals surface area contributed by atoms with Gasteiger partial charge in [-0.25, -0.2) is 4.98 Å². The van der Waals surface area contributed by atoms with Gasteiger partial charge in [0.05, 0.1) is 0 Å². The van der Waals surface area contributed by atoms with E-state index < -0.39 is 0 Å². The normalized spacial score (nSPS) is 10.2. The van der Waals surface area contributed by atoms with E-state index in [1.165, 1.54) is 5.56 Å². The molecule has 0 saturated carbocycles. The summed E-state index contributed by atoms with van der Waals surface area (Å²) in [7, 11) is 1.80. The number of hydrogen-bond donors (Lipinski definition) is 0. The largest absolute Gasteiger partial charge is 0.484 e. The molecule has 0 aliphatic heterocycles. The quantitative estimate of drug-likeness (QED) is 0.813. The third-order valence-corrected chi connectivity index (χ3v) is 3.30. The van der Waals surface area contributed by atoms with Crippen molar-refractivity contribution in [3.05, 3.63) is 59.9 Å². The van der Waals surface area contributed by atoms with Gasteiger partial charge < -0.3 is 9.64 Å². The van der Waals surface area contributed by atoms with Crippen LogP contribution in [-0.2, 0) is 11.2 Å². The van der Waals surface area contributed by atoms with Gasteiger partial charge in [-0.15, -0.1) is 0 Å². The van der Waals surface area contributed by atoms with E-state index in [-0.39, 0.29) is 12.5 Å². The van der Waals surface area contributed by atoms with E-state index in [4.69, 9.17) is 4.74 Å². The van der Waals surface area contributed by atoms with E-state index in [0.29, 0.717) is 6.54 Å². The van der Waals surface area contributed by atoms with Crippen LogP contribution in [0.4, 0.5) is 0 Å². The second kappa shape index (κ2) is 7.43. The van der Waals surface area contributed by atoms with E-state index in [1.54, 1.807) is 11.9 Å². The zero-order chi connectivity index (χ0) is 15.1. The van der Waals surface area contributed by atoms with E-state index in [0.717, 1.165) is 17.9 Å². The number of pyridine rings is 1. The maximum atomic E-state index is 12.0. The summed E-state index contributed by atoms with van der Waals surface area (Å²) in [5.41, 5.74) is 2.28. The molecule has 1 amide bonds. The topological polar surface area (TPSA) is 43.7 Å². The molecule has 2 rings (SSSR count). The number of benzene rings is 1. The van der Waals surface area contributed by atoms with Crippen LogP contribution in [0.5, 0.6) is 5.75 Å². The molecule has 110 valence electrons. The fourth-order valence-corrected chi connectivity index (χ4v) is 1.89. The summed E-state index contributed by atoms with van der Waals surface area (Å²) < 4.78 is 5.50. The summed E-state index contributed by atoms with van der Waals surface area (Å²) in [4.78, 5) is 16.8. The van der Waals surface area contributed by atoms with Gasteiger partial charge in [0.25, 0.3) is 5.91 Å². The lowest BCUT2D eigenvalue weighted by molar-refractivity contribution is -0.390. The number of H-pyrrole nitrogens is 1. The molecule has 1 heterocycles. The molecule has 1 aromatic heterocycles. The molecule has 21 heavy (non-hydrogen) atoms. The van der Waals surface area contributed by atoms with E-state index in [2.05, 4.69) is 4.98 Å². The molecule has 4 nitrogen and oxygen atoms in total. The Kier molecular flexibility index (Phi) is 5.32. The van der Waals surface area contributed by atoms with Gasteiger partial charge in [-0.3, -0.25) is 4.79 Å². The van der Waals surface area contributed by atoms with Gasteiger partial charge in [-0.05, 0) is 19.1 Å². The van der Waals surface area contributed by atoms with Gasteiger partial charge in [0, 0.05) is 32.1 Å². The Morgan fingerprint density at radius 3 is 2.62 bits per heavy atom. The minimum Gasteiger partial charge on any atom is -0.484 e. The Hall–Kier alpha value is -2.36. The molecule has 0 aliphatic rings. The van der Waals surface area contributed by atoms with Crippen molar-refractivity contribution in [3.8, 4) is 5.75 Å². The molecule has 1 N–H and O–H groups in total. The van der Waals surface area contributed by atoms with Crippen molar-refractivity contribution in [1.82, 2.24) is 4.90 Å². The number of amides is 1. The van der Waals surface area contributed by atoms with Crippen LogP contribution in [0.2, 0.25) is 0 Å². The van der Waals surface area contributed by atoms with Crippen molar-refractivity contribution in [1.29, 1.82) is 0 Å². The molecule has 0 fully saturated rings. The van der Waals surface area contributed by atoms with Crippen LogP contribution in [0.3, 0.4) is 0 Å². The SMILES string of the molecule is Cc1ccc(OCC(=O)N(C)CCc2cccc[nH+]2)cc1. The third kappa shape index (κ3) is 4.91. The first-order valence-corrected chi connectivity index (χ1v) is 7.04. The number of carbonyl (C=O) groups is 1. The van der Waals surface area contributed by atoms with Crippen LogP contribution in [0.15, 0.2) is 48.7 Å². The van der Waals surface area contributed by atoms with Gasteiger partial charge in [-0.1, -0.05) is 23.8 Å². The average Bonchev–Trinajstić information content (AvgIpc) is 2.52. The van der Waals surface area contributed by atoms with Crippen molar-refractivity contribution in [3.63, 3.8) is 0 Å². The number of nitrogens with one attached hydrogen (secondary N) is 1. The van der Waals surface area contributed by atoms with Crippen molar-refractivity contribution < 1.29 is 14.5 Å². The Balaban J connectivity index is 1.76. The van der Waals surface area contributed by atoms with Crippen molar-refractivity contribution in [2.45, 2.75) is 13.3 Å². The van der Waals surface area contributed by atoms with Gasteiger partial charge in [0.1, 0.15) is 5.75 Å². The molecule has 4 heteroatoms. The molecule has 0 spiro atoms. The number of aromatic amines is 1. The summed E-state index contributed by atoms with van der Waals surface area (Å²) in [5.74, 6) is 0.699. The number of nitrogens with zero attached hydrogens (tertiary/aromatic N) is 1. The fraction of sp³-hybridized carbons (Fsp3) is 0.294. The summed E-state index contributed by atoms with van der Waals surface area (Å²) in [6.45, 7) is 2.75. The molecule has 0 radical (unpaired) electrons. The highest BCUT2D eigenvalue weighted by Crippen LogP contribution is 2.11. The van der Waals surface area contributed by atoms with E-state index in [9.17, 15) is 4.79 Å². The highest BCUT2D eigenvalue weighted by Gasteiger charge is 2.11. The molecule has 0 atom stereocenters. The third-order valence-electron chi connectivity index (χ3n) is 3.30. The highest BCUT2D eigenvalue weighted by molar-refractivity contribution is 5.77. The van der Waals surface area contributed by atoms with Crippen LogP contribution in [0.25, 0.3) is 0 Å². The number of aromatic nitrogens is 1. The Morgan fingerprint density at radius 1 is 1.19 bits per heavy atom. The predicted molar refractivity (Wildman–Crippen MR) is 81.0 cm³/mol. The monoisotopic (exact) mass is 285 g/mol. The summed E-state index contributed by atoms with van der Waals surface area (Å²) >= 11 is 0. The van der Waals surface area contributed by atoms with Crippen molar-refractivity contribution in [2.75, 3.05) is 20.2 Å². The average molecular weight is 285 g/mol. The maximum absolute atomic E-state index is 12.0. The first kappa shape index (κ1) is 15.0. The lowest BCUT2D eigenvalue weighted by Crippen LogP contribution is -2.33. The zero-order valence-corrected chi connectivity index (χ0v) is 12.5. The van der Waals surface area contributed by atoms with Crippen LogP contribution in [0.1, 0.15) is 11.3 Å². The van der Waals surface area contributed by atoms with Gasteiger partial charge in [0.15, 0.2) is 18.5 Å². The van der Waals surface area contributed by atoms with Crippen LogP contribution < -0.4 is 9.72 Å². The number of likely N-dealkylation sites (N-methyl/N-ethyl adjacent to an activating group) is 1. The standard InChI is InChI=1S/C17H20N2O2/c1-14-6-8-16(9-7-14)21-13-17(20)19(2)12-10-15-5-3-4-11-18-15/h3-9,11H,10,12-13H2,1-2H3/p+1. The van der Waals surface area contributed by atoms with Gasteiger partial charge >= 0.3 is 0 Å². The van der Waals surface area contributed by atoms with Crippen molar-refractivity contribution >= 4 is 5.91 Å². The number of hydrogen-bond acceptors (Lipinski definition) is 2. The van der Waals surface area contributed by atoms with Crippen LogP contribution >= 0.6 is 0 Å². The summed E-state index contributed by atoms with van der Waals surface area (Å²) in [6, 6.07) is 13.6. The van der Waals surface area contributed by atoms with Gasteiger partial charge in [0.2, 0.25) is 0 Å². The first-order valence-electron chi connectivity index (χ1n) is 7.04. The molecule has 2 aromatic rings. The highest BCUT2D eigenvalue weighted by atomic mass is 16.5. The summed E-state index contributed by atoms with van der Waals surface area (Å²) in [5, 5.41) is 0. The number of carbonyl (C=O) groups excluding carboxylic acids is 1. The minimum absolute atomic E-state index is 0.0218. The van der Waals surface area contributed by atoms with E-state index >= 15 is 0 Å². The Labute approximate surface area is 125 Å². The summed E-state index contributed by atoms with van der Waals surface area (Å²) in [6.07, 6.45) is 2.69. The molecule has 0 unspecified atom stereocenters. The lowest BCUT2D eigenvalue weighted by Gasteiger charge is -2.16. The number of aryl methyl sites for hydroxylation is 1. The fourth-order valence-electron chi connectivity index (χ4n) is 1.89. The minimum atomic E-state index is -0.0218. The first-order chi connectivity index (χ1) is 10.1. The lowest BCUT2D eigenvalue weighted by atomic mass is 10.2. The molecule has 1 aromatic carbocycles. The molecule has 0 saturated heterocycles. The smallest absolute Gasteiger partial charge is 0.260 e. The molecular formula is C17H21N2O2+. The number of ether oxygens (including phenoxy) is 1. The molecule has 0 bridgehead atoms. The molecule has 0 aliphatic carbocycles. The maximum Gasteiger partial charge on any atom is 0.260 e. The van der Waals surface area contributed by atoms with Gasteiger partial charge in [-0.2, -0.15) is 0 Å². The predicted octanol–water partition coefficient (Wildman–Crippen LogP) is 1.89. The number of rotatable bonds is 6. The second-order valence-corrected chi connectivity index (χ2v) is 5.05. The van der Waals surface area contributed by atoms with Crippen LogP contribution in [0, 0.1) is 6.92 Å². The van der Waals surface area contributed by atoms with Crippen LogP contribution in [-0.4, -0.2) is 31.0 Å². The Bertz CT molecular complexity index is 567. The van der Waals surface area contributed by atoms with Crippen molar-refractivity contribution in [2.24, 2.45) is 0 Å².